The van der Waals surface area contributed by atoms with E-state index in [-0.39, 0.29) is 11.6 Å². The van der Waals surface area contributed by atoms with Crippen molar-refractivity contribution < 1.29 is 4.79 Å². The average Bonchev–Trinajstić information content (AvgIpc) is 2.82. The van der Waals surface area contributed by atoms with Crippen molar-refractivity contribution in [1.82, 2.24) is 30.2 Å². The first-order chi connectivity index (χ1) is 9.19. The lowest BCUT2D eigenvalue weighted by Gasteiger charge is -2.04. The highest BCUT2D eigenvalue weighted by atomic mass is 16.2. The fourth-order valence-electron chi connectivity index (χ4n) is 1.31. The van der Waals surface area contributed by atoms with Crippen LogP contribution in [-0.2, 0) is 7.05 Å². The minimum absolute atomic E-state index is 0.126. The van der Waals surface area contributed by atoms with Crippen LogP contribution < -0.4 is 10.6 Å². The van der Waals surface area contributed by atoms with Gasteiger partial charge in [-0.25, -0.2) is 4.98 Å². The second kappa shape index (κ2) is 5.85. The van der Waals surface area contributed by atoms with Crippen molar-refractivity contribution in [2.75, 3.05) is 17.2 Å². The van der Waals surface area contributed by atoms with Crippen LogP contribution in [0.1, 0.15) is 23.8 Å². The van der Waals surface area contributed by atoms with Gasteiger partial charge in [-0.1, -0.05) is 12.0 Å². The highest BCUT2D eigenvalue weighted by Crippen LogP contribution is 2.04. The molecule has 9 heteroatoms. The summed E-state index contributed by atoms with van der Waals surface area (Å²) in [4.78, 5) is 21.2. The molecule has 2 aromatic heterocycles. The SMILES string of the molecule is CCCNc1cncc(C(=O)Nc2nnn(C)n2)n1. The van der Waals surface area contributed by atoms with Crippen molar-refractivity contribution in [2.45, 2.75) is 13.3 Å². The molecule has 2 aromatic rings. The quantitative estimate of drug-likeness (QED) is 0.784. The van der Waals surface area contributed by atoms with Crippen molar-refractivity contribution in [3.63, 3.8) is 0 Å². The van der Waals surface area contributed by atoms with Gasteiger partial charge in [0, 0.05) is 6.54 Å². The van der Waals surface area contributed by atoms with Crippen molar-refractivity contribution in [2.24, 2.45) is 7.05 Å². The van der Waals surface area contributed by atoms with Gasteiger partial charge in [-0.15, -0.1) is 5.10 Å². The smallest absolute Gasteiger partial charge is 0.278 e. The van der Waals surface area contributed by atoms with Gasteiger partial charge in [0.05, 0.1) is 19.4 Å². The van der Waals surface area contributed by atoms with Gasteiger partial charge in [0.15, 0.2) is 0 Å². The first-order valence-electron chi connectivity index (χ1n) is 5.80. The molecule has 0 spiro atoms. The molecule has 1 amide bonds. The maximum Gasteiger partial charge on any atom is 0.278 e. The molecule has 2 rings (SSSR count). The van der Waals surface area contributed by atoms with Gasteiger partial charge < -0.3 is 5.32 Å². The van der Waals surface area contributed by atoms with E-state index in [1.165, 1.54) is 11.0 Å². The zero-order chi connectivity index (χ0) is 13.7. The van der Waals surface area contributed by atoms with Gasteiger partial charge in [0.25, 0.3) is 11.9 Å². The molecule has 0 aliphatic heterocycles. The Morgan fingerprint density at radius 3 is 2.95 bits per heavy atom. The lowest BCUT2D eigenvalue weighted by Crippen LogP contribution is -2.16. The molecule has 0 aliphatic rings. The molecular weight excluding hydrogens is 248 g/mol. The molecule has 0 aliphatic carbocycles. The molecule has 2 N–H and O–H groups in total. The van der Waals surface area contributed by atoms with E-state index in [0.717, 1.165) is 13.0 Å². The van der Waals surface area contributed by atoms with Crippen LogP contribution in [0, 0.1) is 0 Å². The third-order valence-electron chi connectivity index (χ3n) is 2.16. The average molecular weight is 262 g/mol. The summed E-state index contributed by atoms with van der Waals surface area (Å²) in [5, 5.41) is 16.7. The van der Waals surface area contributed by atoms with Gasteiger partial charge >= 0.3 is 0 Å². The number of carbonyl (C=O) groups excluding carboxylic acids is 1. The minimum Gasteiger partial charge on any atom is -0.369 e. The van der Waals surface area contributed by atoms with E-state index in [1.807, 2.05) is 6.92 Å². The molecular formula is C10H14N8O. The third-order valence-corrected chi connectivity index (χ3v) is 2.16. The molecule has 2 heterocycles. The molecule has 0 aromatic carbocycles. The summed E-state index contributed by atoms with van der Waals surface area (Å²) in [5.74, 6) is 0.253. The Bertz CT molecular complexity index is 566. The molecule has 0 saturated carbocycles. The minimum atomic E-state index is -0.430. The predicted octanol–water partition coefficient (Wildman–Crippen LogP) is 0.0743. The van der Waals surface area contributed by atoms with E-state index in [0.29, 0.717) is 5.82 Å². The standard InChI is InChI=1S/C10H14N8O/c1-3-4-12-8-6-11-5-7(13-8)9(19)14-10-15-17-18(2)16-10/h5-6H,3-4H2,1-2H3,(H,12,13)(H,14,16,19). The van der Waals surface area contributed by atoms with E-state index >= 15 is 0 Å². The van der Waals surface area contributed by atoms with Gasteiger partial charge in [-0.2, -0.15) is 4.80 Å². The Balaban J connectivity index is 2.06. The summed E-state index contributed by atoms with van der Waals surface area (Å²) in [6, 6.07) is 0. The molecule has 9 nitrogen and oxygen atoms in total. The molecule has 0 saturated heterocycles. The number of anilines is 2. The summed E-state index contributed by atoms with van der Waals surface area (Å²) in [5.41, 5.74) is 0.188. The lowest BCUT2D eigenvalue weighted by atomic mass is 10.4. The first kappa shape index (κ1) is 12.9. The van der Waals surface area contributed by atoms with Crippen LogP contribution in [0.15, 0.2) is 12.4 Å². The van der Waals surface area contributed by atoms with Crippen LogP contribution in [0.3, 0.4) is 0 Å². The van der Waals surface area contributed by atoms with Crippen LogP contribution in [0.2, 0.25) is 0 Å². The van der Waals surface area contributed by atoms with Gasteiger partial charge in [0.1, 0.15) is 11.5 Å². The number of amides is 1. The molecule has 19 heavy (non-hydrogen) atoms. The van der Waals surface area contributed by atoms with Crippen molar-refractivity contribution >= 4 is 17.7 Å². The van der Waals surface area contributed by atoms with Crippen LogP contribution in [0.4, 0.5) is 11.8 Å². The van der Waals surface area contributed by atoms with Crippen molar-refractivity contribution in [3.05, 3.63) is 18.1 Å². The van der Waals surface area contributed by atoms with E-state index in [9.17, 15) is 4.79 Å². The Labute approximate surface area is 109 Å². The number of rotatable bonds is 5. The lowest BCUT2D eigenvalue weighted by molar-refractivity contribution is 0.102. The number of aromatic nitrogens is 6. The highest BCUT2D eigenvalue weighted by Gasteiger charge is 2.11. The number of aryl methyl sites for hydroxylation is 1. The number of carbonyl (C=O) groups is 1. The normalized spacial score (nSPS) is 10.2. The van der Waals surface area contributed by atoms with E-state index in [4.69, 9.17) is 0 Å². The second-order valence-corrected chi connectivity index (χ2v) is 3.77. The summed E-state index contributed by atoms with van der Waals surface area (Å²) in [6.07, 6.45) is 3.90. The third kappa shape index (κ3) is 3.44. The van der Waals surface area contributed by atoms with Gasteiger partial charge in [-0.3, -0.25) is 15.1 Å². The maximum absolute atomic E-state index is 11.9. The van der Waals surface area contributed by atoms with E-state index < -0.39 is 5.91 Å². The van der Waals surface area contributed by atoms with E-state index in [2.05, 4.69) is 36.0 Å². The van der Waals surface area contributed by atoms with Crippen LogP contribution in [0.25, 0.3) is 0 Å². The Morgan fingerprint density at radius 1 is 1.42 bits per heavy atom. The van der Waals surface area contributed by atoms with Gasteiger partial charge in [0.2, 0.25) is 0 Å². The first-order valence-corrected chi connectivity index (χ1v) is 5.80. The monoisotopic (exact) mass is 262 g/mol. The summed E-state index contributed by atoms with van der Waals surface area (Å²) in [7, 11) is 1.61. The second-order valence-electron chi connectivity index (χ2n) is 3.77. The number of tetrazole rings is 1. The zero-order valence-corrected chi connectivity index (χ0v) is 10.7. The fraction of sp³-hybridized carbons (Fsp3) is 0.400. The fourth-order valence-corrected chi connectivity index (χ4v) is 1.31. The summed E-state index contributed by atoms with van der Waals surface area (Å²) in [6.45, 7) is 2.81. The number of hydrogen-bond acceptors (Lipinski definition) is 7. The molecule has 0 bridgehead atoms. The van der Waals surface area contributed by atoms with Crippen molar-refractivity contribution in [1.29, 1.82) is 0 Å². The topological polar surface area (TPSA) is 111 Å². The highest BCUT2D eigenvalue weighted by molar-refractivity contribution is 6.01. The van der Waals surface area contributed by atoms with Crippen LogP contribution in [-0.4, -0.2) is 42.6 Å². The zero-order valence-electron chi connectivity index (χ0n) is 10.7. The van der Waals surface area contributed by atoms with E-state index in [1.54, 1.807) is 13.2 Å². The Hall–Kier alpha value is -2.58. The molecule has 0 fully saturated rings. The molecule has 100 valence electrons. The largest absolute Gasteiger partial charge is 0.369 e. The van der Waals surface area contributed by atoms with Gasteiger partial charge in [-0.05, 0) is 11.6 Å². The molecule has 0 unspecified atom stereocenters. The van der Waals surface area contributed by atoms with Crippen molar-refractivity contribution in [3.8, 4) is 0 Å². The van der Waals surface area contributed by atoms with Crippen LogP contribution >= 0.6 is 0 Å². The molecule has 0 radical (unpaired) electrons. The van der Waals surface area contributed by atoms with Crippen LogP contribution in [0.5, 0.6) is 0 Å². The summed E-state index contributed by atoms with van der Waals surface area (Å²) >= 11 is 0. The number of nitrogens with zero attached hydrogens (tertiary/aromatic N) is 6. The maximum atomic E-state index is 11.9. The number of hydrogen-bond donors (Lipinski definition) is 2. The summed E-state index contributed by atoms with van der Waals surface area (Å²) < 4.78 is 0. The number of nitrogens with one attached hydrogen (secondary N) is 2. The Morgan fingerprint density at radius 2 is 2.26 bits per heavy atom. The Kier molecular flexibility index (Phi) is 3.96. The predicted molar refractivity (Wildman–Crippen MR) is 67.6 cm³/mol. The molecule has 0 atom stereocenters.